The first-order valence-corrected chi connectivity index (χ1v) is 6.18. The minimum atomic E-state index is -0.586. The van der Waals surface area contributed by atoms with Gasteiger partial charge in [-0.1, -0.05) is 6.07 Å². The molecule has 0 N–H and O–H groups in total. The third-order valence-corrected chi connectivity index (χ3v) is 3.50. The fourth-order valence-corrected chi connectivity index (χ4v) is 2.31. The van der Waals surface area contributed by atoms with Crippen molar-refractivity contribution in [1.82, 2.24) is 4.90 Å². The third kappa shape index (κ3) is 3.10. The number of methoxy groups -OCH3 is 1. The van der Waals surface area contributed by atoms with Gasteiger partial charge in [0, 0.05) is 24.7 Å². The quantitative estimate of drug-likeness (QED) is 0.768. The van der Waals surface area contributed by atoms with Crippen molar-refractivity contribution in [3.63, 3.8) is 0 Å². The summed E-state index contributed by atoms with van der Waals surface area (Å²) in [4.78, 5) is 13.5. The Balaban J connectivity index is 1.98. The largest absolute Gasteiger partial charge is 0.469 e. The van der Waals surface area contributed by atoms with Gasteiger partial charge in [-0.15, -0.1) is 0 Å². The standard InChI is InChI=1S/C14H17F2NO2/c1-17(9-14(5-6-14)13(18)19-2)8-10-3-4-11(15)7-12(10)16/h3-4,7H,5-6,8-9H2,1-2H3. The van der Waals surface area contributed by atoms with E-state index in [2.05, 4.69) is 0 Å². The molecule has 19 heavy (non-hydrogen) atoms. The number of halogens is 2. The fraction of sp³-hybridized carbons (Fsp3) is 0.500. The maximum Gasteiger partial charge on any atom is 0.313 e. The van der Waals surface area contributed by atoms with Crippen molar-refractivity contribution in [1.29, 1.82) is 0 Å². The Morgan fingerprint density at radius 1 is 1.42 bits per heavy atom. The number of hydrogen-bond donors (Lipinski definition) is 0. The van der Waals surface area contributed by atoms with Crippen molar-refractivity contribution >= 4 is 5.97 Å². The minimum absolute atomic E-state index is 0.209. The van der Waals surface area contributed by atoms with Crippen LogP contribution in [0.25, 0.3) is 0 Å². The highest BCUT2D eigenvalue weighted by Gasteiger charge is 2.51. The van der Waals surface area contributed by atoms with E-state index in [4.69, 9.17) is 4.74 Å². The molecule has 0 aliphatic heterocycles. The van der Waals surface area contributed by atoms with Crippen molar-refractivity contribution in [2.75, 3.05) is 20.7 Å². The highest BCUT2D eigenvalue weighted by Crippen LogP contribution is 2.47. The van der Waals surface area contributed by atoms with Gasteiger partial charge in [-0.05, 0) is 26.0 Å². The molecule has 1 aromatic rings. The second-order valence-corrected chi connectivity index (χ2v) is 5.18. The molecule has 0 saturated heterocycles. The first-order chi connectivity index (χ1) is 8.97. The van der Waals surface area contributed by atoms with E-state index in [0.717, 1.165) is 18.9 Å². The molecule has 1 aliphatic rings. The van der Waals surface area contributed by atoms with Crippen LogP contribution in [0, 0.1) is 17.0 Å². The first kappa shape index (κ1) is 13.9. The topological polar surface area (TPSA) is 29.5 Å². The van der Waals surface area contributed by atoms with Gasteiger partial charge in [0.05, 0.1) is 12.5 Å². The van der Waals surface area contributed by atoms with E-state index in [0.29, 0.717) is 18.7 Å². The molecule has 5 heteroatoms. The van der Waals surface area contributed by atoms with Gasteiger partial charge in [0.15, 0.2) is 0 Å². The van der Waals surface area contributed by atoms with Gasteiger partial charge >= 0.3 is 5.97 Å². The first-order valence-electron chi connectivity index (χ1n) is 6.18. The smallest absolute Gasteiger partial charge is 0.313 e. The second kappa shape index (κ2) is 5.25. The van der Waals surface area contributed by atoms with Crippen LogP contribution in [0.4, 0.5) is 8.78 Å². The molecular weight excluding hydrogens is 252 g/mol. The van der Waals surface area contributed by atoms with Crippen LogP contribution in [0.1, 0.15) is 18.4 Å². The van der Waals surface area contributed by atoms with Crippen molar-refractivity contribution in [3.05, 3.63) is 35.4 Å². The monoisotopic (exact) mass is 269 g/mol. The van der Waals surface area contributed by atoms with Crippen molar-refractivity contribution in [2.45, 2.75) is 19.4 Å². The molecule has 3 nitrogen and oxygen atoms in total. The Kier molecular flexibility index (Phi) is 3.85. The molecule has 1 saturated carbocycles. The Morgan fingerprint density at radius 2 is 2.11 bits per heavy atom. The summed E-state index contributed by atoms with van der Waals surface area (Å²) >= 11 is 0. The van der Waals surface area contributed by atoms with E-state index >= 15 is 0 Å². The molecule has 104 valence electrons. The lowest BCUT2D eigenvalue weighted by Gasteiger charge is -2.22. The molecule has 0 bridgehead atoms. The maximum absolute atomic E-state index is 13.5. The van der Waals surface area contributed by atoms with Gasteiger partial charge < -0.3 is 9.64 Å². The van der Waals surface area contributed by atoms with E-state index in [1.54, 1.807) is 0 Å². The molecule has 0 atom stereocenters. The third-order valence-electron chi connectivity index (χ3n) is 3.50. The summed E-state index contributed by atoms with van der Waals surface area (Å²) in [7, 11) is 3.19. The summed E-state index contributed by atoms with van der Waals surface area (Å²) in [6, 6.07) is 3.54. The van der Waals surface area contributed by atoms with Gasteiger partial charge in [0.25, 0.3) is 0 Å². The summed E-state index contributed by atoms with van der Waals surface area (Å²) in [6.45, 7) is 0.862. The molecule has 1 aromatic carbocycles. The van der Waals surface area contributed by atoms with Gasteiger partial charge in [0.1, 0.15) is 11.6 Å². The normalized spacial score (nSPS) is 16.5. The van der Waals surface area contributed by atoms with E-state index in [-0.39, 0.29) is 5.97 Å². The molecule has 0 radical (unpaired) electrons. The van der Waals surface area contributed by atoms with Gasteiger partial charge in [0.2, 0.25) is 0 Å². The number of rotatable bonds is 5. The average Bonchev–Trinajstić information content (AvgIpc) is 3.12. The summed E-state index contributed by atoms with van der Waals surface area (Å²) in [6.07, 6.45) is 1.60. The Morgan fingerprint density at radius 3 is 2.63 bits per heavy atom. The van der Waals surface area contributed by atoms with Gasteiger partial charge in [-0.3, -0.25) is 4.79 Å². The SMILES string of the molecule is COC(=O)C1(CN(C)Cc2ccc(F)cc2F)CC1. The van der Waals surface area contributed by atoms with Crippen LogP contribution in [0.5, 0.6) is 0 Å². The number of hydrogen-bond acceptors (Lipinski definition) is 3. The Hall–Kier alpha value is -1.49. The second-order valence-electron chi connectivity index (χ2n) is 5.18. The van der Waals surface area contributed by atoms with Crippen LogP contribution < -0.4 is 0 Å². The molecule has 2 rings (SSSR count). The minimum Gasteiger partial charge on any atom is -0.469 e. The molecule has 1 aliphatic carbocycles. The number of benzene rings is 1. The predicted octanol–water partition coefficient (Wildman–Crippen LogP) is 2.35. The zero-order valence-corrected chi connectivity index (χ0v) is 11.1. The lowest BCUT2D eigenvalue weighted by Crippen LogP contribution is -2.32. The summed E-state index contributed by atoms with van der Waals surface area (Å²) in [5.41, 5.74) is -0.00965. The van der Waals surface area contributed by atoms with Crippen LogP contribution in [0.3, 0.4) is 0 Å². The predicted molar refractivity (Wildman–Crippen MR) is 66.4 cm³/mol. The lowest BCUT2D eigenvalue weighted by molar-refractivity contribution is -0.147. The highest BCUT2D eigenvalue weighted by atomic mass is 19.1. The highest BCUT2D eigenvalue weighted by molar-refractivity contribution is 5.80. The number of nitrogens with zero attached hydrogens (tertiary/aromatic N) is 1. The fourth-order valence-electron chi connectivity index (χ4n) is 2.31. The zero-order valence-electron chi connectivity index (χ0n) is 11.1. The number of esters is 1. The van der Waals surface area contributed by atoms with Crippen molar-refractivity contribution in [2.24, 2.45) is 5.41 Å². The van der Waals surface area contributed by atoms with E-state index in [1.165, 1.54) is 19.2 Å². The average molecular weight is 269 g/mol. The van der Waals surface area contributed by atoms with Crippen LogP contribution in [-0.4, -0.2) is 31.6 Å². The van der Waals surface area contributed by atoms with E-state index in [9.17, 15) is 13.6 Å². The summed E-state index contributed by atoms with van der Waals surface area (Å²) in [5, 5.41) is 0. The maximum atomic E-state index is 13.5. The van der Waals surface area contributed by atoms with Gasteiger partial charge in [-0.25, -0.2) is 8.78 Å². The molecule has 0 amide bonds. The van der Waals surface area contributed by atoms with E-state index < -0.39 is 17.0 Å². The van der Waals surface area contributed by atoms with Crippen LogP contribution in [0.2, 0.25) is 0 Å². The van der Waals surface area contributed by atoms with E-state index in [1.807, 2.05) is 11.9 Å². The number of carbonyl (C=O) groups excluding carboxylic acids is 1. The molecule has 0 unspecified atom stereocenters. The molecule has 1 fully saturated rings. The molecule has 0 heterocycles. The van der Waals surface area contributed by atoms with Crippen molar-refractivity contribution < 1.29 is 18.3 Å². The summed E-state index contributed by atoms with van der Waals surface area (Å²) < 4.78 is 31.1. The number of ether oxygens (including phenoxy) is 1. The molecule has 0 aromatic heterocycles. The zero-order chi connectivity index (χ0) is 14.0. The number of carbonyl (C=O) groups is 1. The van der Waals surface area contributed by atoms with Crippen LogP contribution >= 0.6 is 0 Å². The van der Waals surface area contributed by atoms with Crippen LogP contribution in [0.15, 0.2) is 18.2 Å². The molecule has 0 spiro atoms. The van der Waals surface area contributed by atoms with Crippen LogP contribution in [-0.2, 0) is 16.1 Å². The molecular formula is C14H17F2NO2. The summed E-state index contributed by atoms with van der Waals surface area (Å²) in [5.74, 6) is -1.36. The van der Waals surface area contributed by atoms with Gasteiger partial charge in [-0.2, -0.15) is 0 Å². The lowest BCUT2D eigenvalue weighted by atomic mass is 10.1. The van der Waals surface area contributed by atoms with Crippen molar-refractivity contribution in [3.8, 4) is 0 Å². The Bertz CT molecular complexity index is 486. The Labute approximate surface area is 111 Å².